The molecule has 0 aliphatic heterocycles. The molecule has 84 valence electrons. The predicted molar refractivity (Wildman–Crippen MR) is 63.2 cm³/mol. The van der Waals surface area contributed by atoms with Gasteiger partial charge in [-0.2, -0.15) is 0 Å². The lowest BCUT2D eigenvalue weighted by Gasteiger charge is -2.08. The van der Waals surface area contributed by atoms with Gasteiger partial charge in [-0.1, -0.05) is 17.7 Å². The average Bonchev–Trinajstić information content (AvgIpc) is 2.65. The molecule has 0 atom stereocenters. The Bertz CT molecular complexity index is 616. The molecule has 0 radical (unpaired) electrons. The zero-order valence-electron chi connectivity index (χ0n) is 8.59. The van der Waals surface area contributed by atoms with Gasteiger partial charge in [-0.05, 0) is 37.3 Å². The lowest BCUT2D eigenvalue weighted by Crippen LogP contribution is -2.13. The van der Waals surface area contributed by atoms with Crippen LogP contribution in [0, 0.1) is 6.92 Å². The number of aromatic nitrogens is 1. The van der Waals surface area contributed by atoms with Gasteiger partial charge >= 0.3 is 0 Å². The van der Waals surface area contributed by atoms with Crippen molar-refractivity contribution in [2.45, 2.75) is 11.8 Å². The molecule has 0 saturated carbocycles. The van der Waals surface area contributed by atoms with Crippen molar-refractivity contribution >= 4 is 21.6 Å². The van der Waals surface area contributed by atoms with E-state index in [1.807, 2.05) is 0 Å². The summed E-state index contributed by atoms with van der Waals surface area (Å²) in [6.45, 7) is 1.74. The fourth-order valence-corrected chi connectivity index (χ4v) is 3.14. The highest BCUT2D eigenvalue weighted by Gasteiger charge is 2.17. The van der Waals surface area contributed by atoms with Crippen molar-refractivity contribution in [1.82, 2.24) is 3.97 Å². The fraction of sp³-hybridized carbons (Fsp3) is 0.0909. The van der Waals surface area contributed by atoms with Crippen LogP contribution in [0.25, 0.3) is 0 Å². The van der Waals surface area contributed by atoms with E-state index >= 15 is 0 Å². The number of hydrogen-bond donors (Lipinski definition) is 0. The van der Waals surface area contributed by atoms with Crippen molar-refractivity contribution in [3.63, 3.8) is 0 Å². The zero-order chi connectivity index (χ0) is 11.8. The van der Waals surface area contributed by atoms with Crippen LogP contribution in [0.2, 0.25) is 5.02 Å². The van der Waals surface area contributed by atoms with Crippen molar-refractivity contribution in [2.24, 2.45) is 0 Å². The minimum absolute atomic E-state index is 0.194. The molecule has 2 aromatic rings. The van der Waals surface area contributed by atoms with Gasteiger partial charge in [0.1, 0.15) is 0 Å². The van der Waals surface area contributed by atoms with Crippen LogP contribution in [0.5, 0.6) is 0 Å². The van der Waals surface area contributed by atoms with E-state index in [9.17, 15) is 8.42 Å². The van der Waals surface area contributed by atoms with Crippen LogP contribution in [0.15, 0.2) is 47.5 Å². The topological polar surface area (TPSA) is 39.1 Å². The smallest absolute Gasteiger partial charge is 0.246 e. The fourth-order valence-electron chi connectivity index (χ4n) is 1.46. The molecule has 0 saturated heterocycles. The third kappa shape index (κ3) is 1.86. The van der Waals surface area contributed by atoms with E-state index in [0.717, 1.165) is 0 Å². The standard InChI is InChI=1S/C11H10ClNO2S/c1-9-4-3-7-13(9)16(14,15)11-6-2-5-10(12)8-11/h2-8H,1H3. The monoisotopic (exact) mass is 255 g/mol. The van der Waals surface area contributed by atoms with Gasteiger partial charge in [-0.25, -0.2) is 12.4 Å². The van der Waals surface area contributed by atoms with Crippen molar-refractivity contribution < 1.29 is 8.42 Å². The molecule has 1 aromatic heterocycles. The van der Waals surface area contributed by atoms with Crippen molar-refractivity contribution in [1.29, 1.82) is 0 Å². The first-order valence-corrected chi connectivity index (χ1v) is 6.49. The van der Waals surface area contributed by atoms with Crippen LogP contribution in [0.3, 0.4) is 0 Å². The molecule has 16 heavy (non-hydrogen) atoms. The summed E-state index contributed by atoms with van der Waals surface area (Å²) in [5.41, 5.74) is 0.667. The molecule has 1 heterocycles. The summed E-state index contributed by atoms with van der Waals surface area (Å²) in [6.07, 6.45) is 1.52. The third-order valence-corrected chi connectivity index (χ3v) is 4.27. The highest BCUT2D eigenvalue weighted by Crippen LogP contribution is 2.19. The van der Waals surface area contributed by atoms with Gasteiger partial charge in [0.05, 0.1) is 4.90 Å². The normalized spacial score (nSPS) is 11.6. The van der Waals surface area contributed by atoms with E-state index < -0.39 is 10.0 Å². The molecule has 0 N–H and O–H groups in total. The summed E-state index contributed by atoms with van der Waals surface area (Å²) in [7, 11) is -3.52. The molecule has 0 fully saturated rings. The lowest BCUT2D eigenvalue weighted by atomic mass is 10.4. The SMILES string of the molecule is Cc1cccn1S(=O)(=O)c1cccc(Cl)c1. The Morgan fingerprint density at radius 3 is 2.50 bits per heavy atom. The molecule has 0 bridgehead atoms. The highest BCUT2D eigenvalue weighted by molar-refractivity contribution is 7.90. The van der Waals surface area contributed by atoms with Crippen molar-refractivity contribution in [3.8, 4) is 0 Å². The van der Waals surface area contributed by atoms with Gasteiger partial charge in [0.2, 0.25) is 0 Å². The van der Waals surface area contributed by atoms with Gasteiger partial charge in [0.25, 0.3) is 10.0 Å². The molecular weight excluding hydrogens is 246 g/mol. The molecule has 0 aliphatic rings. The van der Waals surface area contributed by atoms with Crippen LogP contribution in [-0.4, -0.2) is 12.4 Å². The van der Waals surface area contributed by atoms with Gasteiger partial charge in [-0.3, -0.25) is 0 Å². The molecule has 0 unspecified atom stereocenters. The first-order valence-electron chi connectivity index (χ1n) is 4.67. The van der Waals surface area contributed by atoms with Crippen LogP contribution >= 0.6 is 11.6 Å². The lowest BCUT2D eigenvalue weighted by molar-refractivity contribution is 0.586. The molecule has 0 spiro atoms. The number of rotatable bonds is 2. The van der Waals surface area contributed by atoms with Crippen LogP contribution in [0.1, 0.15) is 5.69 Å². The maximum atomic E-state index is 12.2. The number of hydrogen-bond acceptors (Lipinski definition) is 2. The third-order valence-electron chi connectivity index (χ3n) is 2.26. The maximum Gasteiger partial charge on any atom is 0.267 e. The summed E-state index contributed by atoms with van der Waals surface area (Å²) in [4.78, 5) is 0.194. The van der Waals surface area contributed by atoms with E-state index in [4.69, 9.17) is 11.6 Å². The molecule has 0 amide bonds. The largest absolute Gasteiger partial charge is 0.267 e. The van der Waals surface area contributed by atoms with Crippen molar-refractivity contribution in [2.75, 3.05) is 0 Å². The second-order valence-electron chi connectivity index (χ2n) is 3.41. The number of nitrogens with zero attached hydrogens (tertiary/aromatic N) is 1. The summed E-state index contributed by atoms with van der Waals surface area (Å²) >= 11 is 5.78. The first-order chi connectivity index (χ1) is 7.51. The predicted octanol–water partition coefficient (Wildman–Crippen LogP) is 2.69. The molecular formula is C11H10ClNO2S. The Kier molecular flexibility index (Phi) is 2.78. The van der Waals surface area contributed by atoms with E-state index in [1.165, 1.54) is 22.3 Å². The summed E-state index contributed by atoms with van der Waals surface area (Å²) in [6, 6.07) is 9.66. The Morgan fingerprint density at radius 2 is 1.94 bits per heavy atom. The quantitative estimate of drug-likeness (QED) is 0.828. The number of benzene rings is 1. The van der Waals surface area contributed by atoms with Crippen LogP contribution in [0.4, 0.5) is 0 Å². The van der Waals surface area contributed by atoms with E-state index in [1.54, 1.807) is 31.2 Å². The Labute approximate surface area is 99.3 Å². The second-order valence-corrected chi connectivity index (χ2v) is 5.66. The number of aryl methyl sites for hydroxylation is 1. The Hall–Kier alpha value is -1.26. The maximum absolute atomic E-state index is 12.2. The van der Waals surface area contributed by atoms with Gasteiger partial charge in [0.15, 0.2) is 0 Å². The van der Waals surface area contributed by atoms with Gasteiger partial charge in [-0.15, -0.1) is 0 Å². The van der Waals surface area contributed by atoms with E-state index in [-0.39, 0.29) is 4.90 Å². The summed E-state index contributed by atoms with van der Waals surface area (Å²) in [5, 5.41) is 0.408. The Morgan fingerprint density at radius 1 is 1.19 bits per heavy atom. The minimum Gasteiger partial charge on any atom is -0.246 e. The minimum atomic E-state index is -3.52. The first kappa shape index (κ1) is 11.2. The highest BCUT2D eigenvalue weighted by atomic mass is 35.5. The molecule has 5 heteroatoms. The summed E-state index contributed by atoms with van der Waals surface area (Å²) in [5.74, 6) is 0. The Balaban J connectivity index is 2.61. The van der Waals surface area contributed by atoms with Crippen molar-refractivity contribution in [3.05, 3.63) is 53.3 Å². The van der Waals surface area contributed by atoms with Crippen LogP contribution < -0.4 is 0 Å². The van der Waals surface area contributed by atoms with Gasteiger partial charge < -0.3 is 0 Å². The van der Waals surface area contributed by atoms with Crippen LogP contribution in [-0.2, 0) is 10.0 Å². The average molecular weight is 256 g/mol. The molecule has 0 aliphatic carbocycles. The van der Waals surface area contributed by atoms with E-state index in [0.29, 0.717) is 10.7 Å². The molecule has 1 aromatic carbocycles. The van der Waals surface area contributed by atoms with Gasteiger partial charge in [0, 0.05) is 16.9 Å². The zero-order valence-corrected chi connectivity index (χ0v) is 10.2. The molecule has 2 rings (SSSR count). The second kappa shape index (κ2) is 3.96. The molecule has 3 nitrogen and oxygen atoms in total. The number of halogens is 1. The summed E-state index contributed by atoms with van der Waals surface area (Å²) < 4.78 is 25.6. The van der Waals surface area contributed by atoms with E-state index in [2.05, 4.69) is 0 Å².